The minimum atomic E-state index is -0.457. The predicted molar refractivity (Wildman–Crippen MR) is 165 cm³/mol. The summed E-state index contributed by atoms with van der Waals surface area (Å²) in [5, 5.41) is 6.01. The highest BCUT2D eigenvalue weighted by molar-refractivity contribution is 7.74. The van der Waals surface area contributed by atoms with E-state index >= 15 is 0 Å². The van der Waals surface area contributed by atoms with Crippen LogP contribution in [-0.4, -0.2) is 11.3 Å². The molecule has 0 heterocycles. The van der Waals surface area contributed by atoms with Crippen molar-refractivity contribution >= 4 is 37.1 Å². The molecule has 0 aliphatic carbocycles. The molecule has 0 spiro atoms. The average Bonchev–Trinajstić information content (AvgIpc) is 2.94. The summed E-state index contributed by atoms with van der Waals surface area (Å²) in [6.07, 6.45) is 5.20. The molecule has 0 aromatic heterocycles. The Labute approximate surface area is 221 Å². The molecule has 36 heavy (non-hydrogen) atoms. The second-order valence-corrected chi connectivity index (χ2v) is 14.9. The van der Waals surface area contributed by atoms with E-state index in [0.29, 0.717) is 17.2 Å². The number of hydrogen-bond acceptors (Lipinski definition) is 0. The molecule has 4 rings (SSSR count). The van der Waals surface area contributed by atoms with Crippen LogP contribution in [0.4, 0.5) is 0 Å². The number of benzene rings is 4. The molecule has 0 radical (unpaired) electrons. The molecular weight excluding hydrogens is 470 g/mol. The van der Waals surface area contributed by atoms with Crippen LogP contribution < -0.4 is 21.2 Å². The minimum absolute atomic E-state index is 0.457. The molecule has 0 aliphatic heterocycles. The standard InChI is InChI=1S/C34H40P2/c1-4-5-10-27-34(28(2)35(30-19-11-6-12-20-30)31-21-13-7-14-22-31)29(3)36(32-23-15-8-16-24-32)33-25-17-9-18-26-33/h6-9,11-26,28-29,34H,4-5,10,27H2,1-3H3. The van der Waals surface area contributed by atoms with Crippen LogP contribution in [-0.2, 0) is 0 Å². The van der Waals surface area contributed by atoms with Gasteiger partial charge in [0.25, 0.3) is 0 Å². The molecule has 0 saturated heterocycles. The molecule has 0 nitrogen and oxygen atoms in total. The van der Waals surface area contributed by atoms with Crippen LogP contribution in [0.25, 0.3) is 0 Å². The van der Waals surface area contributed by atoms with Gasteiger partial charge in [-0.25, -0.2) is 0 Å². The lowest BCUT2D eigenvalue weighted by Crippen LogP contribution is -2.35. The van der Waals surface area contributed by atoms with Crippen LogP contribution in [0.15, 0.2) is 121 Å². The first-order valence-electron chi connectivity index (χ1n) is 13.5. The molecule has 4 aromatic rings. The maximum atomic E-state index is 2.56. The average molecular weight is 511 g/mol. The Bertz CT molecular complexity index is 961. The smallest absolute Gasteiger partial charge is 0.0123 e. The quantitative estimate of drug-likeness (QED) is 0.133. The summed E-state index contributed by atoms with van der Waals surface area (Å²) >= 11 is 0. The van der Waals surface area contributed by atoms with E-state index in [4.69, 9.17) is 0 Å². The highest BCUT2D eigenvalue weighted by atomic mass is 31.1. The summed E-state index contributed by atoms with van der Waals surface area (Å²) in [5.74, 6) is 0.648. The van der Waals surface area contributed by atoms with Gasteiger partial charge in [-0.05, 0) is 60.7 Å². The van der Waals surface area contributed by atoms with Crippen LogP contribution in [0.5, 0.6) is 0 Å². The van der Waals surface area contributed by atoms with E-state index in [1.807, 2.05) is 0 Å². The van der Waals surface area contributed by atoms with Gasteiger partial charge in [0.15, 0.2) is 0 Å². The first-order chi connectivity index (χ1) is 17.7. The highest BCUT2D eigenvalue weighted by Crippen LogP contribution is 2.52. The number of unbranched alkanes of at least 4 members (excludes halogenated alkanes) is 2. The lowest BCUT2D eigenvalue weighted by molar-refractivity contribution is 0.447. The minimum Gasteiger partial charge on any atom is -0.0654 e. The molecule has 186 valence electrons. The van der Waals surface area contributed by atoms with Gasteiger partial charge < -0.3 is 0 Å². The van der Waals surface area contributed by atoms with Crippen LogP contribution in [0, 0.1) is 5.92 Å². The normalized spacial score (nSPS) is 14.0. The number of rotatable bonds is 12. The van der Waals surface area contributed by atoms with E-state index in [1.54, 1.807) is 0 Å². The molecule has 2 unspecified atom stereocenters. The molecular formula is C34H40P2. The Kier molecular flexibility index (Phi) is 10.3. The lowest BCUT2D eigenvalue weighted by Gasteiger charge is -2.39. The SMILES string of the molecule is CCCCCC(C(C)P(c1ccccc1)c1ccccc1)C(C)P(c1ccccc1)c1ccccc1. The first kappa shape index (κ1) is 26.8. The summed E-state index contributed by atoms with van der Waals surface area (Å²) in [7, 11) is -0.914. The Morgan fingerprint density at radius 1 is 0.472 bits per heavy atom. The van der Waals surface area contributed by atoms with Gasteiger partial charge in [-0.2, -0.15) is 0 Å². The van der Waals surface area contributed by atoms with E-state index < -0.39 is 15.8 Å². The molecule has 0 N–H and O–H groups in total. The van der Waals surface area contributed by atoms with Gasteiger partial charge in [0, 0.05) is 0 Å². The fraction of sp³-hybridized carbons (Fsp3) is 0.294. The van der Waals surface area contributed by atoms with E-state index in [0.717, 1.165) is 0 Å². The predicted octanol–water partition coefficient (Wildman–Crippen LogP) is 8.23. The highest BCUT2D eigenvalue weighted by Gasteiger charge is 2.35. The zero-order chi connectivity index (χ0) is 25.2. The van der Waals surface area contributed by atoms with Crippen molar-refractivity contribution in [2.75, 3.05) is 0 Å². The molecule has 0 fully saturated rings. The van der Waals surface area contributed by atoms with Crippen molar-refractivity contribution in [3.05, 3.63) is 121 Å². The number of hydrogen-bond donors (Lipinski definition) is 0. The molecule has 2 heteroatoms. The van der Waals surface area contributed by atoms with Crippen LogP contribution in [0.2, 0.25) is 0 Å². The van der Waals surface area contributed by atoms with Gasteiger partial charge in [-0.1, -0.05) is 161 Å². The maximum absolute atomic E-state index is 2.56. The summed E-state index contributed by atoms with van der Waals surface area (Å²) in [5.41, 5.74) is 1.18. The van der Waals surface area contributed by atoms with Crippen LogP contribution in [0.3, 0.4) is 0 Å². The second-order valence-electron chi connectivity index (χ2n) is 9.72. The summed E-state index contributed by atoms with van der Waals surface area (Å²) in [4.78, 5) is 0. The molecule has 4 aromatic carbocycles. The van der Waals surface area contributed by atoms with Crippen LogP contribution in [0.1, 0.15) is 46.5 Å². The monoisotopic (exact) mass is 510 g/mol. The van der Waals surface area contributed by atoms with Crippen molar-refractivity contribution < 1.29 is 0 Å². The third-order valence-electron chi connectivity index (χ3n) is 7.33. The molecule has 0 bridgehead atoms. The topological polar surface area (TPSA) is 0 Å². The summed E-state index contributed by atoms with van der Waals surface area (Å²) in [6, 6.07) is 45.2. The molecule has 0 saturated carbocycles. The Morgan fingerprint density at radius 2 is 0.778 bits per heavy atom. The van der Waals surface area contributed by atoms with Crippen molar-refractivity contribution in [3.8, 4) is 0 Å². The second kappa shape index (κ2) is 13.9. The Hall–Kier alpha value is -2.26. The molecule has 0 amide bonds. The summed E-state index contributed by atoms with van der Waals surface area (Å²) < 4.78 is 0. The van der Waals surface area contributed by atoms with Gasteiger partial charge in [0.1, 0.15) is 0 Å². The van der Waals surface area contributed by atoms with Crippen molar-refractivity contribution in [1.82, 2.24) is 0 Å². The van der Waals surface area contributed by atoms with Gasteiger partial charge in [0.2, 0.25) is 0 Å². The zero-order valence-electron chi connectivity index (χ0n) is 22.0. The van der Waals surface area contributed by atoms with Crippen molar-refractivity contribution in [3.63, 3.8) is 0 Å². The van der Waals surface area contributed by atoms with E-state index in [9.17, 15) is 0 Å². The molecule has 2 atom stereocenters. The lowest BCUT2D eigenvalue weighted by atomic mass is 9.95. The van der Waals surface area contributed by atoms with Crippen molar-refractivity contribution in [2.45, 2.75) is 57.8 Å². The fourth-order valence-electron chi connectivity index (χ4n) is 5.49. The van der Waals surface area contributed by atoms with Gasteiger partial charge in [0.05, 0.1) is 0 Å². The third-order valence-corrected chi connectivity index (χ3v) is 13.1. The Balaban J connectivity index is 1.77. The molecule has 0 aliphatic rings. The van der Waals surface area contributed by atoms with Crippen LogP contribution >= 0.6 is 15.8 Å². The van der Waals surface area contributed by atoms with Crippen molar-refractivity contribution in [2.24, 2.45) is 5.92 Å². The summed E-state index contributed by atoms with van der Waals surface area (Å²) in [6.45, 7) is 7.44. The van der Waals surface area contributed by atoms with Crippen molar-refractivity contribution in [1.29, 1.82) is 0 Å². The van der Waals surface area contributed by atoms with Gasteiger partial charge in [-0.15, -0.1) is 0 Å². The third kappa shape index (κ3) is 6.73. The fourth-order valence-corrected chi connectivity index (χ4v) is 11.7. The largest absolute Gasteiger partial charge is 0.0654 e. The Morgan fingerprint density at radius 3 is 1.06 bits per heavy atom. The first-order valence-corrected chi connectivity index (χ1v) is 16.3. The van der Waals surface area contributed by atoms with E-state index in [-0.39, 0.29) is 0 Å². The van der Waals surface area contributed by atoms with Gasteiger partial charge in [-0.3, -0.25) is 0 Å². The maximum Gasteiger partial charge on any atom is -0.0123 e. The van der Waals surface area contributed by atoms with Gasteiger partial charge >= 0.3 is 0 Å². The van der Waals surface area contributed by atoms with E-state index in [1.165, 1.54) is 46.9 Å². The zero-order valence-corrected chi connectivity index (χ0v) is 23.8. The van der Waals surface area contributed by atoms with E-state index in [2.05, 4.69) is 142 Å².